The topological polar surface area (TPSA) is 12.0 Å². The van der Waals surface area contributed by atoms with E-state index in [0.717, 1.165) is 13.0 Å². The van der Waals surface area contributed by atoms with Gasteiger partial charge in [0, 0.05) is 6.54 Å². The highest BCUT2D eigenvalue weighted by molar-refractivity contribution is 5.85. The van der Waals surface area contributed by atoms with Gasteiger partial charge in [-0.05, 0) is 23.1 Å². The lowest BCUT2D eigenvalue weighted by molar-refractivity contribution is 0.568. The van der Waals surface area contributed by atoms with Crippen LogP contribution in [0.3, 0.4) is 0 Å². The molecule has 0 aliphatic carbocycles. The van der Waals surface area contributed by atoms with Gasteiger partial charge in [0.05, 0.1) is 6.04 Å². The minimum Gasteiger partial charge on any atom is -0.306 e. The van der Waals surface area contributed by atoms with Crippen molar-refractivity contribution in [3.8, 4) is 0 Å². The maximum atomic E-state index is 3.59. The van der Waals surface area contributed by atoms with Crippen LogP contribution in [0.4, 0.5) is 0 Å². The molecule has 1 aliphatic heterocycles. The number of benzene rings is 2. The molecule has 1 heterocycles. The predicted molar refractivity (Wildman–Crippen MR) is 73.7 cm³/mol. The second kappa shape index (κ2) is 5.35. The Morgan fingerprint density at radius 2 is 1.59 bits per heavy atom. The molecule has 0 radical (unpaired) electrons. The van der Waals surface area contributed by atoms with E-state index in [1.54, 1.807) is 0 Å². The Morgan fingerprint density at radius 3 is 2.41 bits per heavy atom. The molecule has 0 fully saturated rings. The molecule has 0 saturated carbocycles. The summed E-state index contributed by atoms with van der Waals surface area (Å²) in [7, 11) is 0. The van der Waals surface area contributed by atoms with E-state index in [-0.39, 0.29) is 12.4 Å². The number of fused-ring (bicyclic) bond motifs is 1. The number of hydrogen-bond acceptors (Lipinski definition) is 1. The van der Waals surface area contributed by atoms with E-state index in [0.29, 0.717) is 6.04 Å². The molecule has 0 spiro atoms. The number of rotatable bonds is 1. The Hall–Kier alpha value is -1.31. The smallest absolute Gasteiger partial charge is 0.0579 e. The van der Waals surface area contributed by atoms with Gasteiger partial charge in [-0.15, -0.1) is 12.4 Å². The third-order valence-corrected chi connectivity index (χ3v) is 3.24. The molecule has 1 N–H and O–H groups in total. The molecular weight excluding hydrogens is 230 g/mol. The van der Waals surface area contributed by atoms with E-state index in [1.165, 1.54) is 16.7 Å². The van der Waals surface area contributed by atoms with E-state index in [4.69, 9.17) is 0 Å². The summed E-state index contributed by atoms with van der Waals surface area (Å²) < 4.78 is 0. The molecule has 2 aromatic rings. The Labute approximate surface area is 108 Å². The van der Waals surface area contributed by atoms with Gasteiger partial charge in [0.25, 0.3) is 0 Å². The first-order chi connectivity index (χ1) is 7.95. The van der Waals surface area contributed by atoms with Crippen molar-refractivity contribution in [2.24, 2.45) is 0 Å². The molecule has 2 aromatic carbocycles. The van der Waals surface area contributed by atoms with Crippen molar-refractivity contribution in [1.82, 2.24) is 5.32 Å². The van der Waals surface area contributed by atoms with Crippen LogP contribution in [-0.4, -0.2) is 6.54 Å². The molecule has 1 aliphatic rings. The van der Waals surface area contributed by atoms with Crippen molar-refractivity contribution < 1.29 is 0 Å². The van der Waals surface area contributed by atoms with Crippen molar-refractivity contribution in [3.63, 3.8) is 0 Å². The van der Waals surface area contributed by atoms with Crippen LogP contribution in [0.2, 0.25) is 0 Å². The van der Waals surface area contributed by atoms with Crippen LogP contribution < -0.4 is 5.32 Å². The highest BCUT2D eigenvalue weighted by Gasteiger charge is 2.19. The third-order valence-electron chi connectivity index (χ3n) is 3.24. The molecule has 0 bridgehead atoms. The molecule has 0 saturated heterocycles. The third kappa shape index (κ3) is 2.36. The lowest BCUT2D eigenvalue weighted by atomic mass is 9.90. The van der Waals surface area contributed by atoms with Gasteiger partial charge in [0.2, 0.25) is 0 Å². The van der Waals surface area contributed by atoms with Gasteiger partial charge in [0.15, 0.2) is 0 Å². The maximum Gasteiger partial charge on any atom is 0.0579 e. The van der Waals surface area contributed by atoms with E-state index < -0.39 is 0 Å². The Kier molecular flexibility index (Phi) is 3.82. The van der Waals surface area contributed by atoms with Crippen LogP contribution in [0.25, 0.3) is 0 Å². The summed E-state index contributed by atoms with van der Waals surface area (Å²) >= 11 is 0. The quantitative estimate of drug-likeness (QED) is 0.813. The van der Waals surface area contributed by atoms with Crippen LogP contribution in [0.5, 0.6) is 0 Å². The lowest BCUT2D eigenvalue weighted by Crippen LogP contribution is -2.30. The standard InChI is InChI=1S/C15H15N.ClH/c1-2-7-13(8-3-1)15-14-9-5-4-6-12(14)10-11-16-15;/h1-9,15-16H,10-11H2;1H/t15-;/m0./s1. The Morgan fingerprint density at radius 1 is 0.882 bits per heavy atom. The molecular formula is C15H16ClN. The largest absolute Gasteiger partial charge is 0.306 e. The van der Waals surface area contributed by atoms with Crippen LogP contribution in [0.1, 0.15) is 22.7 Å². The second-order valence-corrected chi connectivity index (χ2v) is 4.25. The van der Waals surface area contributed by atoms with Gasteiger partial charge in [-0.3, -0.25) is 0 Å². The van der Waals surface area contributed by atoms with E-state index in [1.807, 2.05) is 0 Å². The van der Waals surface area contributed by atoms with Crippen molar-refractivity contribution in [3.05, 3.63) is 71.3 Å². The van der Waals surface area contributed by atoms with Crippen molar-refractivity contribution in [2.45, 2.75) is 12.5 Å². The molecule has 0 amide bonds. The number of halogens is 1. The van der Waals surface area contributed by atoms with Crippen LogP contribution in [-0.2, 0) is 6.42 Å². The van der Waals surface area contributed by atoms with E-state index in [2.05, 4.69) is 59.9 Å². The molecule has 0 aromatic heterocycles. The molecule has 2 heteroatoms. The molecule has 3 rings (SSSR count). The average molecular weight is 246 g/mol. The van der Waals surface area contributed by atoms with Gasteiger partial charge >= 0.3 is 0 Å². The van der Waals surface area contributed by atoms with Gasteiger partial charge < -0.3 is 5.32 Å². The van der Waals surface area contributed by atoms with Gasteiger partial charge in [-0.2, -0.15) is 0 Å². The highest BCUT2D eigenvalue weighted by atomic mass is 35.5. The summed E-state index contributed by atoms with van der Waals surface area (Å²) in [5.74, 6) is 0. The highest BCUT2D eigenvalue weighted by Crippen LogP contribution is 2.27. The van der Waals surface area contributed by atoms with E-state index >= 15 is 0 Å². The summed E-state index contributed by atoms with van der Waals surface area (Å²) in [5, 5.41) is 3.59. The zero-order valence-corrected chi connectivity index (χ0v) is 10.4. The molecule has 1 atom stereocenters. The molecule has 88 valence electrons. The molecule has 0 unspecified atom stereocenters. The SMILES string of the molecule is Cl.c1ccc([C@@H]2NCCc3ccccc32)cc1. The zero-order chi connectivity index (χ0) is 10.8. The van der Waals surface area contributed by atoms with Crippen molar-refractivity contribution in [2.75, 3.05) is 6.54 Å². The summed E-state index contributed by atoms with van der Waals surface area (Å²) in [6.45, 7) is 1.07. The minimum atomic E-state index is 0. The molecule has 1 nitrogen and oxygen atoms in total. The lowest BCUT2D eigenvalue weighted by Gasteiger charge is -2.27. The summed E-state index contributed by atoms with van der Waals surface area (Å²) in [4.78, 5) is 0. The second-order valence-electron chi connectivity index (χ2n) is 4.25. The van der Waals surface area contributed by atoms with Gasteiger partial charge in [0.1, 0.15) is 0 Å². The summed E-state index contributed by atoms with van der Waals surface area (Å²) in [6, 6.07) is 19.8. The first-order valence-corrected chi connectivity index (χ1v) is 5.81. The normalized spacial score (nSPS) is 18.0. The fraction of sp³-hybridized carbons (Fsp3) is 0.200. The van der Waals surface area contributed by atoms with Crippen LogP contribution >= 0.6 is 12.4 Å². The first-order valence-electron chi connectivity index (χ1n) is 5.81. The van der Waals surface area contributed by atoms with Crippen LogP contribution in [0, 0.1) is 0 Å². The van der Waals surface area contributed by atoms with Crippen LogP contribution in [0.15, 0.2) is 54.6 Å². The number of nitrogens with one attached hydrogen (secondary N) is 1. The van der Waals surface area contributed by atoms with Gasteiger partial charge in [-0.1, -0.05) is 54.6 Å². The zero-order valence-electron chi connectivity index (χ0n) is 9.60. The summed E-state index contributed by atoms with van der Waals surface area (Å²) in [6.07, 6.45) is 1.14. The summed E-state index contributed by atoms with van der Waals surface area (Å²) in [5.41, 5.74) is 4.27. The fourth-order valence-electron chi connectivity index (χ4n) is 2.45. The van der Waals surface area contributed by atoms with Gasteiger partial charge in [-0.25, -0.2) is 0 Å². The monoisotopic (exact) mass is 245 g/mol. The molecule has 17 heavy (non-hydrogen) atoms. The van der Waals surface area contributed by atoms with Crippen molar-refractivity contribution in [1.29, 1.82) is 0 Å². The van der Waals surface area contributed by atoms with Crippen molar-refractivity contribution >= 4 is 12.4 Å². The van der Waals surface area contributed by atoms with E-state index in [9.17, 15) is 0 Å². The predicted octanol–water partition coefficient (Wildman–Crippen LogP) is 3.34. The maximum absolute atomic E-state index is 3.59. The first kappa shape index (κ1) is 12.2. The Balaban J connectivity index is 0.00000108. The Bertz CT molecular complexity index is 481. The average Bonchev–Trinajstić information content (AvgIpc) is 2.39. The fourth-order valence-corrected chi connectivity index (χ4v) is 2.45. The minimum absolute atomic E-state index is 0. The number of hydrogen-bond donors (Lipinski definition) is 1.